The van der Waals surface area contributed by atoms with Crippen LogP contribution in [0.2, 0.25) is 0 Å². The number of amides is 1. The van der Waals surface area contributed by atoms with Crippen LogP contribution in [0.1, 0.15) is 40.5 Å². The first kappa shape index (κ1) is 12.5. The van der Waals surface area contributed by atoms with Crippen molar-refractivity contribution in [3.05, 3.63) is 0 Å². The summed E-state index contributed by atoms with van der Waals surface area (Å²) in [6.45, 7) is 10.3. The van der Waals surface area contributed by atoms with Gasteiger partial charge in [0.1, 0.15) is 0 Å². The smallest absolute Gasteiger partial charge is 0.224 e. The Labute approximate surface area is 93.0 Å². The van der Waals surface area contributed by atoms with Crippen LogP contribution in [0.5, 0.6) is 0 Å². The molecule has 0 aromatic heterocycles. The second kappa shape index (κ2) is 4.52. The Kier molecular flexibility index (Phi) is 3.77. The number of hydrogen-bond donors (Lipinski definition) is 1. The summed E-state index contributed by atoms with van der Waals surface area (Å²) in [6, 6.07) is -0.0408. The second-order valence-corrected chi connectivity index (χ2v) is 5.91. The third-order valence-electron chi connectivity index (χ3n) is 3.28. The van der Waals surface area contributed by atoms with Crippen LogP contribution in [0, 0.1) is 11.3 Å². The zero-order valence-corrected chi connectivity index (χ0v) is 10.4. The first-order chi connectivity index (χ1) is 6.80. The average Bonchev–Trinajstić information content (AvgIpc) is 2.50. The fourth-order valence-corrected chi connectivity index (χ4v) is 1.78. The molecule has 1 saturated heterocycles. The zero-order chi connectivity index (χ0) is 11.6. The maximum Gasteiger partial charge on any atom is 0.224 e. The van der Waals surface area contributed by atoms with Gasteiger partial charge in [0.2, 0.25) is 5.91 Å². The van der Waals surface area contributed by atoms with Crippen LogP contribution in [0.4, 0.5) is 0 Å². The third-order valence-corrected chi connectivity index (χ3v) is 3.28. The highest BCUT2D eigenvalue weighted by molar-refractivity contribution is 5.77. The summed E-state index contributed by atoms with van der Waals surface area (Å²) in [5.74, 6) is 0.876. The predicted molar refractivity (Wildman–Crippen MR) is 62.4 cm³/mol. The molecule has 0 saturated carbocycles. The highest BCUT2D eigenvalue weighted by Gasteiger charge is 2.28. The molecule has 1 rings (SSSR count). The summed E-state index contributed by atoms with van der Waals surface area (Å²) in [6.07, 6.45) is 1.62. The van der Waals surface area contributed by atoms with Gasteiger partial charge in [-0.15, -0.1) is 0 Å². The topological polar surface area (TPSA) is 46.3 Å². The number of likely N-dealkylation sites (tertiary alicyclic amines) is 1. The molecule has 0 aliphatic carbocycles. The van der Waals surface area contributed by atoms with Gasteiger partial charge in [0.25, 0.3) is 0 Å². The molecule has 1 aliphatic heterocycles. The predicted octanol–water partition coefficient (Wildman–Crippen LogP) is 1.62. The van der Waals surface area contributed by atoms with Gasteiger partial charge in [-0.25, -0.2) is 0 Å². The largest absolute Gasteiger partial charge is 0.342 e. The number of carbonyl (C=O) groups excluding carboxylic acids is 1. The minimum Gasteiger partial charge on any atom is -0.342 e. The highest BCUT2D eigenvalue weighted by Crippen LogP contribution is 2.22. The number of carbonyl (C=O) groups is 1. The van der Waals surface area contributed by atoms with Gasteiger partial charge in [0.15, 0.2) is 0 Å². The van der Waals surface area contributed by atoms with Crippen LogP contribution in [-0.4, -0.2) is 29.9 Å². The summed E-state index contributed by atoms with van der Waals surface area (Å²) >= 11 is 0. The van der Waals surface area contributed by atoms with E-state index in [2.05, 4.69) is 27.7 Å². The number of nitrogens with two attached hydrogens (primary N) is 1. The summed E-state index contributed by atoms with van der Waals surface area (Å²) < 4.78 is 0. The first-order valence-electron chi connectivity index (χ1n) is 5.84. The quantitative estimate of drug-likeness (QED) is 0.756. The van der Waals surface area contributed by atoms with Crippen molar-refractivity contribution >= 4 is 5.91 Å². The fourth-order valence-electron chi connectivity index (χ4n) is 1.78. The average molecular weight is 212 g/mol. The van der Waals surface area contributed by atoms with E-state index in [1.165, 1.54) is 0 Å². The van der Waals surface area contributed by atoms with Crippen molar-refractivity contribution in [2.45, 2.75) is 46.6 Å². The van der Waals surface area contributed by atoms with Crippen LogP contribution < -0.4 is 5.73 Å². The van der Waals surface area contributed by atoms with Crippen molar-refractivity contribution in [3.63, 3.8) is 0 Å². The van der Waals surface area contributed by atoms with Crippen LogP contribution in [0.25, 0.3) is 0 Å². The van der Waals surface area contributed by atoms with Crippen LogP contribution in [0.3, 0.4) is 0 Å². The molecular formula is C12H24N2O. The van der Waals surface area contributed by atoms with Gasteiger partial charge in [-0.3, -0.25) is 4.79 Å². The molecule has 1 aliphatic rings. The Morgan fingerprint density at radius 2 is 2.13 bits per heavy atom. The standard InChI is InChI=1S/C12H24N2O/c1-9-5-6-14(8-9)11(15)7-10(13)12(2,3)4/h9-10H,5-8,13H2,1-4H3. The lowest BCUT2D eigenvalue weighted by atomic mass is 9.85. The van der Waals surface area contributed by atoms with E-state index in [0.717, 1.165) is 19.5 Å². The van der Waals surface area contributed by atoms with E-state index in [1.807, 2.05) is 4.90 Å². The Balaban J connectivity index is 2.42. The summed E-state index contributed by atoms with van der Waals surface area (Å²) in [5.41, 5.74) is 6.02. The molecule has 0 aromatic carbocycles. The minimum atomic E-state index is -0.0408. The number of nitrogens with zero attached hydrogens (tertiary/aromatic N) is 1. The van der Waals surface area contributed by atoms with Crippen molar-refractivity contribution in [1.29, 1.82) is 0 Å². The molecule has 0 radical (unpaired) electrons. The molecule has 2 atom stereocenters. The molecule has 0 spiro atoms. The Morgan fingerprint density at radius 1 is 1.53 bits per heavy atom. The Bertz CT molecular complexity index is 232. The fraction of sp³-hybridized carbons (Fsp3) is 0.917. The van der Waals surface area contributed by atoms with Crippen molar-refractivity contribution in [2.75, 3.05) is 13.1 Å². The van der Waals surface area contributed by atoms with Crippen LogP contribution in [-0.2, 0) is 4.79 Å². The van der Waals surface area contributed by atoms with Crippen LogP contribution in [0.15, 0.2) is 0 Å². The van der Waals surface area contributed by atoms with Gasteiger partial charge in [-0.05, 0) is 17.8 Å². The normalized spacial score (nSPS) is 24.3. The monoisotopic (exact) mass is 212 g/mol. The van der Waals surface area contributed by atoms with E-state index < -0.39 is 0 Å². The lowest BCUT2D eigenvalue weighted by Gasteiger charge is -2.28. The molecule has 0 aromatic rings. The first-order valence-corrected chi connectivity index (χ1v) is 5.84. The second-order valence-electron chi connectivity index (χ2n) is 5.91. The van der Waals surface area contributed by atoms with Crippen molar-refractivity contribution < 1.29 is 4.79 Å². The van der Waals surface area contributed by atoms with Crippen molar-refractivity contribution in [1.82, 2.24) is 4.90 Å². The van der Waals surface area contributed by atoms with E-state index in [4.69, 9.17) is 5.73 Å². The molecule has 2 unspecified atom stereocenters. The maximum absolute atomic E-state index is 11.9. The Hall–Kier alpha value is -0.570. The van der Waals surface area contributed by atoms with E-state index in [-0.39, 0.29) is 17.4 Å². The molecule has 3 heteroatoms. The molecule has 2 N–H and O–H groups in total. The SMILES string of the molecule is CC1CCN(C(=O)CC(N)C(C)(C)C)C1. The Morgan fingerprint density at radius 3 is 2.53 bits per heavy atom. The molecule has 1 amide bonds. The van der Waals surface area contributed by atoms with E-state index in [1.54, 1.807) is 0 Å². The third kappa shape index (κ3) is 3.49. The highest BCUT2D eigenvalue weighted by atomic mass is 16.2. The lowest BCUT2D eigenvalue weighted by Crippen LogP contribution is -2.41. The summed E-state index contributed by atoms with van der Waals surface area (Å²) in [4.78, 5) is 13.8. The molecule has 3 nitrogen and oxygen atoms in total. The van der Waals surface area contributed by atoms with Gasteiger partial charge in [-0.1, -0.05) is 27.7 Å². The molecule has 15 heavy (non-hydrogen) atoms. The summed E-state index contributed by atoms with van der Waals surface area (Å²) in [5, 5.41) is 0. The van der Waals surface area contributed by atoms with Gasteiger partial charge < -0.3 is 10.6 Å². The van der Waals surface area contributed by atoms with Crippen molar-refractivity contribution in [3.8, 4) is 0 Å². The van der Waals surface area contributed by atoms with E-state index in [9.17, 15) is 4.79 Å². The zero-order valence-electron chi connectivity index (χ0n) is 10.4. The van der Waals surface area contributed by atoms with E-state index >= 15 is 0 Å². The minimum absolute atomic E-state index is 0.0149. The lowest BCUT2D eigenvalue weighted by molar-refractivity contribution is -0.131. The molecule has 1 fully saturated rings. The maximum atomic E-state index is 11.9. The van der Waals surface area contributed by atoms with Gasteiger partial charge in [0, 0.05) is 25.6 Å². The molecular weight excluding hydrogens is 188 g/mol. The summed E-state index contributed by atoms with van der Waals surface area (Å²) in [7, 11) is 0. The van der Waals surface area contributed by atoms with E-state index in [0.29, 0.717) is 12.3 Å². The molecule has 1 heterocycles. The van der Waals surface area contributed by atoms with Crippen molar-refractivity contribution in [2.24, 2.45) is 17.1 Å². The van der Waals surface area contributed by atoms with Gasteiger partial charge in [-0.2, -0.15) is 0 Å². The van der Waals surface area contributed by atoms with Gasteiger partial charge >= 0.3 is 0 Å². The molecule has 0 bridgehead atoms. The van der Waals surface area contributed by atoms with Crippen LogP contribution >= 0.6 is 0 Å². The molecule has 88 valence electrons. The number of rotatable bonds is 2. The van der Waals surface area contributed by atoms with Gasteiger partial charge in [0.05, 0.1) is 0 Å². The number of hydrogen-bond acceptors (Lipinski definition) is 2.